The number of amides is 1. The molecule has 0 fully saturated rings. The molecule has 18 heavy (non-hydrogen) atoms. The normalized spacial score (nSPS) is 10.1. The summed E-state index contributed by atoms with van der Waals surface area (Å²) in [5, 5.41) is 0. The fraction of sp³-hybridized carbons (Fsp3) is 0.462. The van der Waals surface area contributed by atoms with Gasteiger partial charge in [0.25, 0.3) is 5.91 Å². The summed E-state index contributed by atoms with van der Waals surface area (Å²) in [5.74, 6) is 0.432. The molecule has 0 atom stereocenters. The summed E-state index contributed by atoms with van der Waals surface area (Å²) in [6, 6.07) is 7.11. The molecule has 0 unspecified atom stereocenters. The second-order valence-electron chi connectivity index (χ2n) is 3.84. The predicted octanol–water partition coefficient (Wildman–Crippen LogP) is 1.14. The first-order valence-electron chi connectivity index (χ1n) is 5.94. The van der Waals surface area contributed by atoms with Crippen molar-refractivity contribution in [2.45, 2.75) is 6.92 Å². The van der Waals surface area contributed by atoms with Crippen LogP contribution in [0.4, 0.5) is 5.69 Å². The van der Waals surface area contributed by atoms with Crippen molar-refractivity contribution < 1.29 is 14.3 Å². The van der Waals surface area contributed by atoms with E-state index in [1.807, 2.05) is 19.1 Å². The predicted molar refractivity (Wildman–Crippen MR) is 70.5 cm³/mol. The summed E-state index contributed by atoms with van der Waals surface area (Å²) in [4.78, 5) is 13.3. The number of carbonyl (C=O) groups is 1. The van der Waals surface area contributed by atoms with E-state index in [0.29, 0.717) is 31.2 Å². The fourth-order valence-corrected chi connectivity index (χ4v) is 1.33. The van der Waals surface area contributed by atoms with Crippen LogP contribution in [0, 0.1) is 0 Å². The molecule has 1 aromatic carbocycles. The van der Waals surface area contributed by atoms with Crippen LogP contribution < -0.4 is 10.5 Å². The quantitative estimate of drug-likeness (QED) is 0.584. The molecule has 5 nitrogen and oxygen atoms in total. The third-order valence-electron chi connectivity index (χ3n) is 2.47. The molecular weight excluding hydrogens is 232 g/mol. The van der Waals surface area contributed by atoms with Crippen LogP contribution in [0.1, 0.15) is 6.92 Å². The van der Waals surface area contributed by atoms with Gasteiger partial charge in [0.05, 0.1) is 12.3 Å². The van der Waals surface area contributed by atoms with Gasteiger partial charge in [-0.25, -0.2) is 0 Å². The van der Waals surface area contributed by atoms with E-state index in [4.69, 9.17) is 15.2 Å². The largest absolute Gasteiger partial charge is 0.482 e. The van der Waals surface area contributed by atoms with E-state index in [1.165, 1.54) is 0 Å². The van der Waals surface area contributed by atoms with Crippen LogP contribution in [0.15, 0.2) is 24.3 Å². The topological polar surface area (TPSA) is 64.8 Å². The zero-order valence-electron chi connectivity index (χ0n) is 10.9. The Morgan fingerprint density at radius 2 is 2.11 bits per heavy atom. The summed E-state index contributed by atoms with van der Waals surface area (Å²) in [6.07, 6.45) is 0. The number of ether oxygens (including phenoxy) is 2. The first-order chi connectivity index (χ1) is 8.65. The van der Waals surface area contributed by atoms with Gasteiger partial charge in [-0.05, 0) is 19.1 Å². The summed E-state index contributed by atoms with van der Waals surface area (Å²) in [5.41, 5.74) is 6.24. The highest BCUT2D eigenvalue weighted by Gasteiger charge is 2.09. The third kappa shape index (κ3) is 4.63. The van der Waals surface area contributed by atoms with E-state index in [-0.39, 0.29) is 12.5 Å². The Morgan fingerprint density at radius 3 is 2.78 bits per heavy atom. The molecule has 0 radical (unpaired) electrons. The number of nitrogens with zero attached hydrogens (tertiary/aromatic N) is 1. The number of hydrogen-bond acceptors (Lipinski definition) is 4. The van der Waals surface area contributed by atoms with Crippen molar-refractivity contribution in [3.8, 4) is 5.75 Å². The maximum Gasteiger partial charge on any atom is 0.260 e. The number of nitrogens with two attached hydrogens (primary N) is 1. The van der Waals surface area contributed by atoms with Gasteiger partial charge in [-0.3, -0.25) is 4.79 Å². The van der Waals surface area contributed by atoms with Crippen molar-refractivity contribution in [3.05, 3.63) is 24.3 Å². The van der Waals surface area contributed by atoms with E-state index in [1.54, 1.807) is 24.1 Å². The second-order valence-corrected chi connectivity index (χ2v) is 3.84. The van der Waals surface area contributed by atoms with Gasteiger partial charge in [0.15, 0.2) is 6.61 Å². The van der Waals surface area contributed by atoms with Crippen LogP contribution in [0.25, 0.3) is 0 Å². The van der Waals surface area contributed by atoms with Crippen LogP contribution in [-0.2, 0) is 9.53 Å². The van der Waals surface area contributed by atoms with E-state index in [0.717, 1.165) is 0 Å². The molecule has 2 N–H and O–H groups in total. The second kappa shape index (κ2) is 7.55. The van der Waals surface area contributed by atoms with Gasteiger partial charge < -0.3 is 20.1 Å². The first kappa shape index (κ1) is 14.3. The average Bonchev–Trinajstić information content (AvgIpc) is 2.37. The molecule has 0 bridgehead atoms. The zero-order chi connectivity index (χ0) is 13.4. The van der Waals surface area contributed by atoms with Gasteiger partial charge in [0.2, 0.25) is 0 Å². The number of nitrogen functional groups attached to an aromatic ring is 1. The van der Waals surface area contributed by atoms with Crippen LogP contribution in [-0.4, -0.2) is 44.2 Å². The highest BCUT2D eigenvalue weighted by Crippen LogP contribution is 2.19. The fourth-order valence-electron chi connectivity index (χ4n) is 1.33. The first-order valence-corrected chi connectivity index (χ1v) is 5.94. The molecule has 0 spiro atoms. The van der Waals surface area contributed by atoms with E-state index >= 15 is 0 Å². The van der Waals surface area contributed by atoms with Crippen molar-refractivity contribution in [1.82, 2.24) is 4.90 Å². The van der Waals surface area contributed by atoms with Crippen LogP contribution in [0.2, 0.25) is 0 Å². The molecule has 1 rings (SSSR count). The van der Waals surface area contributed by atoms with Crippen LogP contribution in [0.3, 0.4) is 0 Å². The minimum Gasteiger partial charge on any atom is -0.482 e. The smallest absolute Gasteiger partial charge is 0.260 e. The number of anilines is 1. The van der Waals surface area contributed by atoms with Gasteiger partial charge >= 0.3 is 0 Å². The Hall–Kier alpha value is -1.75. The van der Waals surface area contributed by atoms with Gasteiger partial charge in [-0.2, -0.15) is 0 Å². The van der Waals surface area contributed by atoms with Gasteiger partial charge in [0.1, 0.15) is 5.75 Å². The van der Waals surface area contributed by atoms with Gasteiger partial charge in [-0.1, -0.05) is 12.1 Å². The average molecular weight is 252 g/mol. The van der Waals surface area contributed by atoms with Gasteiger partial charge in [0, 0.05) is 20.2 Å². The highest BCUT2D eigenvalue weighted by atomic mass is 16.5. The molecule has 0 heterocycles. The molecule has 0 aliphatic heterocycles. The maximum atomic E-state index is 11.7. The Morgan fingerprint density at radius 1 is 1.39 bits per heavy atom. The lowest BCUT2D eigenvalue weighted by molar-refractivity contribution is -0.132. The van der Waals surface area contributed by atoms with E-state index in [2.05, 4.69) is 0 Å². The Bertz CT molecular complexity index is 382. The summed E-state index contributed by atoms with van der Waals surface area (Å²) >= 11 is 0. The van der Waals surface area contributed by atoms with Crippen molar-refractivity contribution in [2.75, 3.05) is 39.1 Å². The number of rotatable bonds is 7. The Labute approximate surface area is 107 Å². The van der Waals surface area contributed by atoms with Crippen LogP contribution >= 0.6 is 0 Å². The van der Waals surface area contributed by atoms with Crippen molar-refractivity contribution in [3.63, 3.8) is 0 Å². The zero-order valence-corrected chi connectivity index (χ0v) is 10.9. The van der Waals surface area contributed by atoms with Crippen molar-refractivity contribution in [1.29, 1.82) is 0 Å². The standard InChI is InChI=1S/C13H20N2O3/c1-3-17-9-8-15(2)13(16)10-18-12-7-5-4-6-11(12)14/h4-7H,3,8-10,14H2,1-2H3. The molecule has 5 heteroatoms. The highest BCUT2D eigenvalue weighted by molar-refractivity contribution is 5.77. The molecule has 0 aliphatic rings. The lowest BCUT2D eigenvalue weighted by Crippen LogP contribution is -2.34. The summed E-state index contributed by atoms with van der Waals surface area (Å²) in [7, 11) is 1.72. The lowest BCUT2D eigenvalue weighted by atomic mass is 10.3. The third-order valence-corrected chi connectivity index (χ3v) is 2.47. The molecule has 0 aliphatic carbocycles. The number of likely N-dealkylation sites (N-methyl/N-ethyl adjacent to an activating group) is 1. The number of carbonyl (C=O) groups excluding carboxylic acids is 1. The monoisotopic (exact) mass is 252 g/mol. The molecule has 0 saturated carbocycles. The van der Waals surface area contributed by atoms with Gasteiger partial charge in [-0.15, -0.1) is 0 Å². The molecule has 100 valence electrons. The number of para-hydroxylation sites is 2. The Balaban J connectivity index is 2.34. The molecule has 0 aromatic heterocycles. The number of benzene rings is 1. The minimum atomic E-state index is -0.0991. The summed E-state index contributed by atoms with van der Waals surface area (Å²) in [6.45, 7) is 3.64. The van der Waals surface area contributed by atoms with Crippen LogP contribution in [0.5, 0.6) is 5.75 Å². The van der Waals surface area contributed by atoms with E-state index < -0.39 is 0 Å². The SMILES string of the molecule is CCOCCN(C)C(=O)COc1ccccc1N. The van der Waals surface area contributed by atoms with Crippen molar-refractivity contribution in [2.24, 2.45) is 0 Å². The molecule has 1 amide bonds. The van der Waals surface area contributed by atoms with Crippen molar-refractivity contribution >= 4 is 11.6 Å². The molecule has 0 saturated heterocycles. The Kier molecular flexibility index (Phi) is 6.00. The molecular formula is C13H20N2O3. The summed E-state index contributed by atoms with van der Waals surface area (Å²) < 4.78 is 10.6. The maximum absolute atomic E-state index is 11.7. The minimum absolute atomic E-state index is 0.0170. The molecule has 1 aromatic rings. The van der Waals surface area contributed by atoms with E-state index in [9.17, 15) is 4.79 Å². The number of hydrogen-bond donors (Lipinski definition) is 1. The lowest BCUT2D eigenvalue weighted by Gasteiger charge is -2.17.